The minimum Gasteiger partial charge on any atom is -0.460 e. The van der Waals surface area contributed by atoms with Crippen molar-refractivity contribution in [3.8, 4) is 0 Å². The van der Waals surface area contributed by atoms with Gasteiger partial charge in [0, 0.05) is 5.57 Å². The number of ether oxygens (including phenoxy) is 2. The molecule has 1 saturated carbocycles. The summed E-state index contributed by atoms with van der Waals surface area (Å²) in [6, 6.07) is 0. The highest BCUT2D eigenvalue weighted by atomic mass is 16.6. The molecular weight excluding hydrogens is 264 g/mol. The molecule has 0 aromatic heterocycles. The van der Waals surface area contributed by atoms with Gasteiger partial charge in [0.05, 0.1) is 12.7 Å². The summed E-state index contributed by atoms with van der Waals surface area (Å²) >= 11 is 0. The molecule has 3 nitrogen and oxygen atoms in total. The summed E-state index contributed by atoms with van der Waals surface area (Å²) in [4.78, 5) is 11.3. The van der Waals surface area contributed by atoms with Crippen molar-refractivity contribution in [3.63, 3.8) is 0 Å². The molecular formula is C18H28O3. The summed E-state index contributed by atoms with van der Waals surface area (Å²) in [5, 5.41) is 0. The van der Waals surface area contributed by atoms with E-state index in [1.807, 2.05) is 0 Å². The summed E-state index contributed by atoms with van der Waals surface area (Å²) in [5.41, 5.74) is 0.436. The Bertz CT molecular complexity index is 413. The molecule has 0 aromatic carbocycles. The third-order valence-corrected chi connectivity index (χ3v) is 5.01. The lowest BCUT2D eigenvalue weighted by Gasteiger charge is -2.27. The van der Waals surface area contributed by atoms with Crippen molar-refractivity contribution in [1.29, 1.82) is 0 Å². The van der Waals surface area contributed by atoms with Crippen LogP contribution in [0.5, 0.6) is 0 Å². The fourth-order valence-electron chi connectivity index (χ4n) is 3.93. The predicted octanol–water partition coefficient (Wildman–Crippen LogP) is 3.75. The Morgan fingerprint density at radius 3 is 2.86 bits per heavy atom. The van der Waals surface area contributed by atoms with Crippen LogP contribution < -0.4 is 0 Å². The second-order valence-electron chi connectivity index (χ2n) is 6.52. The SMILES string of the molecule is C=C(C)C(=O)OCCOC(CC)C1CC(C)C2CC=CC21. The van der Waals surface area contributed by atoms with Crippen molar-refractivity contribution in [3.05, 3.63) is 24.3 Å². The van der Waals surface area contributed by atoms with Crippen LogP contribution in [0.15, 0.2) is 24.3 Å². The molecule has 1 fully saturated rings. The van der Waals surface area contributed by atoms with E-state index in [0.29, 0.717) is 30.6 Å². The van der Waals surface area contributed by atoms with E-state index < -0.39 is 0 Å². The van der Waals surface area contributed by atoms with Crippen molar-refractivity contribution in [2.45, 2.75) is 46.1 Å². The molecule has 0 N–H and O–H groups in total. The number of carbonyl (C=O) groups excluding carboxylic acids is 1. The average molecular weight is 292 g/mol. The highest BCUT2D eigenvalue weighted by molar-refractivity contribution is 5.86. The number of rotatable bonds is 7. The summed E-state index contributed by atoms with van der Waals surface area (Å²) in [5.74, 6) is 2.57. The average Bonchev–Trinajstić information content (AvgIpc) is 3.03. The van der Waals surface area contributed by atoms with Crippen molar-refractivity contribution in [2.75, 3.05) is 13.2 Å². The molecule has 0 spiro atoms. The normalized spacial score (nSPS) is 32.0. The molecule has 2 aliphatic rings. The summed E-state index contributed by atoms with van der Waals surface area (Å²) in [6.07, 6.45) is 8.50. The molecule has 0 aliphatic heterocycles. The van der Waals surface area contributed by atoms with Gasteiger partial charge in [0.25, 0.3) is 0 Å². The minimum absolute atomic E-state index is 0.272. The van der Waals surface area contributed by atoms with E-state index in [4.69, 9.17) is 9.47 Å². The predicted molar refractivity (Wildman–Crippen MR) is 83.8 cm³/mol. The van der Waals surface area contributed by atoms with Gasteiger partial charge >= 0.3 is 5.97 Å². The van der Waals surface area contributed by atoms with E-state index in [-0.39, 0.29) is 12.1 Å². The highest BCUT2D eigenvalue weighted by Crippen LogP contribution is 2.49. The standard InChI is InChI=1S/C18H28O3/c1-5-17(20-9-10-21-18(19)12(2)3)16-11-13(4)14-7-6-8-15(14)16/h6,8,13-17H,2,5,7,9-11H2,1,3-4H3. The van der Waals surface area contributed by atoms with Gasteiger partial charge in [0.2, 0.25) is 0 Å². The monoisotopic (exact) mass is 292 g/mol. The third-order valence-electron chi connectivity index (χ3n) is 5.01. The maximum atomic E-state index is 11.3. The molecule has 0 amide bonds. The molecule has 0 bridgehead atoms. The fraction of sp³-hybridized carbons (Fsp3) is 0.722. The van der Waals surface area contributed by atoms with Gasteiger partial charge in [-0.15, -0.1) is 0 Å². The first-order valence-corrected chi connectivity index (χ1v) is 8.15. The van der Waals surface area contributed by atoms with Gasteiger partial charge in [-0.1, -0.05) is 32.6 Å². The topological polar surface area (TPSA) is 35.5 Å². The molecule has 5 unspecified atom stereocenters. The number of hydrogen-bond acceptors (Lipinski definition) is 3. The van der Waals surface area contributed by atoms with E-state index in [1.54, 1.807) is 6.92 Å². The molecule has 2 aliphatic carbocycles. The second kappa shape index (κ2) is 7.26. The first kappa shape index (κ1) is 16.3. The van der Waals surface area contributed by atoms with Gasteiger partial charge in [-0.05, 0) is 49.9 Å². The van der Waals surface area contributed by atoms with Gasteiger partial charge < -0.3 is 9.47 Å². The number of carbonyl (C=O) groups is 1. The summed E-state index contributed by atoms with van der Waals surface area (Å²) in [6.45, 7) is 10.6. The van der Waals surface area contributed by atoms with Gasteiger partial charge in [-0.25, -0.2) is 4.79 Å². The Kier molecular flexibility index (Phi) is 5.63. The summed E-state index contributed by atoms with van der Waals surface area (Å²) < 4.78 is 11.1. The zero-order chi connectivity index (χ0) is 15.4. The number of fused-ring (bicyclic) bond motifs is 1. The fourth-order valence-corrected chi connectivity index (χ4v) is 3.93. The second-order valence-corrected chi connectivity index (χ2v) is 6.52. The lowest BCUT2D eigenvalue weighted by Crippen LogP contribution is -2.28. The molecule has 0 saturated heterocycles. The molecule has 0 aromatic rings. The molecule has 0 heterocycles. The quantitative estimate of drug-likeness (QED) is 0.310. The van der Waals surface area contributed by atoms with Gasteiger partial charge in [-0.3, -0.25) is 0 Å². The maximum absolute atomic E-state index is 11.3. The Labute approximate surface area is 128 Å². The molecule has 0 radical (unpaired) electrons. The van der Waals surface area contributed by atoms with Crippen molar-refractivity contribution in [1.82, 2.24) is 0 Å². The lowest BCUT2D eigenvalue weighted by molar-refractivity contribution is -0.141. The maximum Gasteiger partial charge on any atom is 0.333 e. The molecule has 5 atom stereocenters. The van der Waals surface area contributed by atoms with Crippen molar-refractivity contribution in [2.24, 2.45) is 23.7 Å². The molecule has 3 heteroatoms. The molecule has 21 heavy (non-hydrogen) atoms. The van der Waals surface area contributed by atoms with E-state index in [0.717, 1.165) is 18.3 Å². The molecule has 118 valence electrons. The van der Waals surface area contributed by atoms with Crippen molar-refractivity contribution >= 4 is 5.97 Å². The summed E-state index contributed by atoms with van der Waals surface area (Å²) in [7, 11) is 0. The zero-order valence-corrected chi connectivity index (χ0v) is 13.5. The Balaban J connectivity index is 1.79. The Hall–Kier alpha value is -1.09. The first-order valence-electron chi connectivity index (χ1n) is 8.15. The van der Waals surface area contributed by atoms with Gasteiger partial charge in [0.15, 0.2) is 0 Å². The van der Waals surface area contributed by atoms with Gasteiger partial charge in [-0.2, -0.15) is 0 Å². The van der Waals surface area contributed by atoms with Crippen LogP contribution in [0.25, 0.3) is 0 Å². The lowest BCUT2D eigenvalue weighted by atomic mass is 9.87. The molecule has 2 rings (SSSR count). The van der Waals surface area contributed by atoms with Crippen LogP contribution in [0, 0.1) is 23.7 Å². The van der Waals surface area contributed by atoms with E-state index in [1.165, 1.54) is 12.8 Å². The van der Waals surface area contributed by atoms with Crippen LogP contribution in [0.3, 0.4) is 0 Å². The van der Waals surface area contributed by atoms with Crippen LogP contribution >= 0.6 is 0 Å². The smallest absolute Gasteiger partial charge is 0.333 e. The van der Waals surface area contributed by atoms with Crippen LogP contribution in [0.4, 0.5) is 0 Å². The van der Waals surface area contributed by atoms with Crippen LogP contribution in [0.1, 0.15) is 40.0 Å². The third kappa shape index (κ3) is 3.76. The first-order chi connectivity index (χ1) is 10.0. The van der Waals surface area contributed by atoms with E-state index in [2.05, 4.69) is 32.6 Å². The number of allylic oxidation sites excluding steroid dienone is 2. The Morgan fingerprint density at radius 1 is 1.43 bits per heavy atom. The number of esters is 1. The largest absolute Gasteiger partial charge is 0.460 e. The highest BCUT2D eigenvalue weighted by Gasteiger charge is 2.44. The Morgan fingerprint density at radius 2 is 2.19 bits per heavy atom. The van der Waals surface area contributed by atoms with Gasteiger partial charge in [0.1, 0.15) is 6.61 Å². The minimum atomic E-state index is -0.333. The van der Waals surface area contributed by atoms with Crippen LogP contribution in [-0.2, 0) is 14.3 Å². The van der Waals surface area contributed by atoms with E-state index >= 15 is 0 Å². The van der Waals surface area contributed by atoms with Crippen molar-refractivity contribution < 1.29 is 14.3 Å². The van der Waals surface area contributed by atoms with Crippen LogP contribution in [-0.4, -0.2) is 25.3 Å². The zero-order valence-electron chi connectivity index (χ0n) is 13.5. The van der Waals surface area contributed by atoms with Crippen LogP contribution in [0.2, 0.25) is 0 Å². The number of hydrogen-bond donors (Lipinski definition) is 0. The van der Waals surface area contributed by atoms with E-state index in [9.17, 15) is 4.79 Å².